The van der Waals surface area contributed by atoms with Crippen molar-refractivity contribution in [1.29, 1.82) is 0 Å². The Morgan fingerprint density at radius 3 is 2.86 bits per heavy atom. The van der Waals surface area contributed by atoms with E-state index in [1.807, 2.05) is 0 Å². The molecule has 3 heteroatoms. The van der Waals surface area contributed by atoms with Crippen LogP contribution in [0.1, 0.15) is 56.8 Å². The molecule has 0 radical (unpaired) electrons. The van der Waals surface area contributed by atoms with Gasteiger partial charge in [0.25, 0.3) is 0 Å². The summed E-state index contributed by atoms with van der Waals surface area (Å²) in [7, 11) is 2.16. The highest BCUT2D eigenvalue weighted by atomic mass is 15.1. The molecule has 3 nitrogen and oxygen atoms in total. The van der Waals surface area contributed by atoms with Crippen LogP contribution in [0.4, 0.5) is 0 Å². The smallest absolute Gasteiger partial charge is 0.317 e. The van der Waals surface area contributed by atoms with E-state index in [1.165, 1.54) is 60.9 Å². The fourth-order valence-corrected chi connectivity index (χ4v) is 3.24. The molecule has 1 aromatic heterocycles. The van der Waals surface area contributed by atoms with Gasteiger partial charge in [0.1, 0.15) is 0 Å². The first-order chi connectivity index (χ1) is 10.1. The average molecular weight is 285 g/mol. The van der Waals surface area contributed by atoms with Crippen LogP contribution in [-0.4, -0.2) is 4.98 Å². The summed E-state index contributed by atoms with van der Waals surface area (Å²) in [5, 5.41) is 0. The van der Waals surface area contributed by atoms with Gasteiger partial charge in [-0.05, 0) is 30.5 Å². The Labute approximate surface area is 126 Å². The van der Waals surface area contributed by atoms with Crippen molar-refractivity contribution in [1.82, 2.24) is 4.98 Å². The van der Waals surface area contributed by atoms with Gasteiger partial charge in [0.2, 0.25) is 0 Å². The third kappa shape index (κ3) is 2.62. The molecule has 1 aliphatic carbocycles. The Hall–Kier alpha value is -1.61. The maximum atomic E-state index is 4.43. The van der Waals surface area contributed by atoms with Crippen molar-refractivity contribution in [2.24, 2.45) is 7.05 Å². The van der Waals surface area contributed by atoms with Crippen LogP contribution in [0.25, 0.3) is 17.1 Å². The van der Waals surface area contributed by atoms with Crippen LogP contribution in [0.5, 0.6) is 0 Å². The van der Waals surface area contributed by atoms with Gasteiger partial charge in [0.05, 0.1) is 7.05 Å². The van der Waals surface area contributed by atoms with E-state index in [-0.39, 0.29) is 5.54 Å². The zero-order valence-electron chi connectivity index (χ0n) is 13.3. The number of nitrogens with one attached hydrogen (secondary N) is 1. The van der Waals surface area contributed by atoms with Crippen molar-refractivity contribution < 1.29 is 10.3 Å². The Morgan fingerprint density at radius 2 is 2.19 bits per heavy atom. The number of quaternary nitrogens is 1. The van der Waals surface area contributed by atoms with Crippen molar-refractivity contribution in [3.63, 3.8) is 0 Å². The van der Waals surface area contributed by atoms with Crippen molar-refractivity contribution in [3.05, 3.63) is 35.7 Å². The van der Waals surface area contributed by atoms with E-state index in [0.29, 0.717) is 0 Å². The molecule has 2 aromatic rings. The SMILES string of the molecule is CCCC/C=C/c1ccc2[nH]c(C3([NH3+])CCC3)[n+](C)c2c1. The number of benzene rings is 1. The molecule has 0 saturated heterocycles. The number of hydrogen-bond acceptors (Lipinski definition) is 0. The summed E-state index contributed by atoms with van der Waals surface area (Å²) in [6.07, 6.45) is 11.9. The van der Waals surface area contributed by atoms with E-state index in [4.69, 9.17) is 0 Å². The minimum Gasteiger partial charge on any atom is -0.343 e. The number of aromatic amines is 1. The lowest BCUT2D eigenvalue weighted by atomic mass is 9.77. The van der Waals surface area contributed by atoms with Crippen LogP contribution >= 0.6 is 0 Å². The molecular weight excluding hydrogens is 258 g/mol. The quantitative estimate of drug-likeness (QED) is 0.627. The van der Waals surface area contributed by atoms with Crippen LogP contribution < -0.4 is 10.3 Å². The molecule has 0 aliphatic heterocycles. The number of unbranched alkanes of at least 4 members (excludes halogenated alkanes) is 2. The van der Waals surface area contributed by atoms with Gasteiger partial charge in [-0.25, -0.2) is 9.55 Å². The third-order valence-electron chi connectivity index (χ3n) is 4.82. The third-order valence-corrected chi connectivity index (χ3v) is 4.82. The lowest BCUT2D eigenvalue weighted by molar-refractivity contribution is -0.684. The largest absolute Gasteiger partial charge is 0.343 e. The van der Waals surface area contributed by atoms with E-state index < -0.39 is 0 Å². The predicted molar refractivity (Wildman–Crippen MR) is 86.5 cm³/mol. The van der Waals surface area contributed by atoms with E-state index >= 15 is 0 Å². The molecule has 112 valence electrons. The van der Waals surface area contributed by atoms with Crippen LogP contribution in [-0.2, 0) is 12.6 Å². The van der Waals surface area contributed by atoms with E-state index in [0.717, 1.165) is 0 Å². The Bertz CT molecular complexity index is 662. The second-order valence-electron chi connectivity index (χ2n) is 6.49. The Balaban J connectivity index is 1.91. The molecule has 1 saturated carbocycles. The summed E-state index contributed by atoms with van der Waals surface area (Å²) >= 11 is 0. The predicted octanol–water partition coefficient (Wildman–Crippen LogP) is 2.82. The van der Waals surface area contributed by atoms with Gasteiger partial charge in [0.15, 0.2) is 16.6 Å². The van der Waals surface area contributed by atoms with Crippen molar-refractivity contribution in [3.8, 4) is 0 Å². The minimum absolute atomic E-state index is 0.102. The first-order valence-corrected chi connectivity index (χ1v) is 8.18. The standard InChI is InChI=1S/C18H25N3/c1-3-4-5-6-8-14-9-10-15-16(13-14)21(2)17(20-15)18(19)11-7-12-18/h6,8-10,13H,3-5,7,11-12,19H2,1-2H3/p+2/b8-6+. The summed E-state index contributed by atoms with van der Waals surface area (Å²) in [6.45, 7) is 2.23. The van der Waals surface area contributed by atoms with Gasteiger partial charge < -0.3 is 5.73 Å². The number of nitrogens with zero attached hydrogens (tertiary/aromatic N) is 1. The van der Waals surface area contributed by atoms with Gasteiger partial charge >= 0.3 is 5.82 Å². The molecule has 1 fully saturated rings. The maximum absolute atomic E-state index is 4.43. The topological polar surface area (TPSA) is 47.3 Å². The number of fused-ring (bicyclic) bond motifs is 1. The molecule has 3 rings (SSSR count). The van der Waals surface area contributed by atoms with Gasteiger partial charge in [-0.1, -0.05) is 38.0 Å². The summed E-state index contributed by atoms with van der Waals surface area (Å²) in [5.41, 5.74) is 8.31. The van der Waals surface area contributed by atoms with E-state index in [9.17, 15) is 0 Å². The Kier molecular flexibility index (Phi) is 3.85. The lowest BCUT2D eigenvalue weighted by Gasteiger charge is -2.29. The number of aryl methyl sites for hydroxylation is 1. The van der Waals surface area contributed by atoms with E-state index in [2.05, 4.69) is 59.6 Å². The molecule has 1 heterocycles. The zero-order chi connectivity index (χ0) is 14.9. The molecule has 0 spiro atoms. The second kappa shape index (κ2) is 5.64. The monoisotopic (exact) mass is 285 g/mol. The molecule has 0 atom stereocenters. The van der Waals surface area contributed by atoms with Gasteiger partial charge in [-0.15, -0.1) is 0 Å². The van der Waals surface area contributed by atoms with Gasteiger partial charge in [0, 0.05) is 12.8 Å². The highest BCUT2D eigenvalue weighted by molar-refractivity contribution is 5.75. The molecule has 0 unspecified atom stereocenters. The number of hydrogen-bond donors (Lipinski definition) is 2. The van der Waals surface area contributed by atoms with Crippen LogP contribution in [0.2, 0.25) is 0 Å². The normalized spacial score (nSPS) is 17.5. The highest BCUT2D eigenvalue weighted by Gasteiger charge is 2.47. The first kappa shape index (κ1) is 14.3. The lowest BCUT2D eigenvalue weighted by Crippen LogP contribution is -2.75. The fraction of sp³-hybridized carbons (Fsp3) is 0.500. The first-order valence-electron chi connectivity index (χ1n) is 8.18. The van der Waals surface area contributed by atoms with Crippen LogP contribution in [0.15, 0.2) is 24.3 Å². The fourth-order valence-electron chi connectivity index (χ4n) is 3.24. The number of imidazole rings is 1. The number of H-pyrrole nitrogens is 1. The highest BCUT2D eigenvalue weighted by Crippen LogP contribution is 2.35. The molecule has 21 heavy (non-hydrogen) atoms. The summed E-state index contributed by atoms with van der Waals surface area (Å²) in [5.74, 6) is 1.27. The minimum atomic E-state index is 0.102. The molecule has 1 aromatic carbocycles. The van der Waals surface area contributed by atoms with Crippen LogP contribution in [0, 0.1) is 0 Å². The Morgan fingerprint density at radius 1 is 1.38 bits per heavy atom. The van der Waals surface area contributed by atoms with Crippen molar-refractivity contribution >= 4 is 17.1 Å². The number of aromatic nitrogens is 2. The molecular formula is C18H27N3+2. The summed E-state index contributed by atoms with van der Waals surface area (Å²) in [4.78, 5) is 3.59. The molecule has 1 aliphatic rings. The number of allylic oxidation sites excluding steroid dienone is 1. The average Bonchev–Trinajstić information content (AvgIpc) is 2.79. The van der Waals surface area contributed by atoms with Crippen LogP contribution in [0.3, 0.4) is 0 Å². The molecule has 0 amide bonds. The number of rotatable bonds is 5. The summed E-state index contributed by atoms with van der Waals surface area (Å²) < 4.78 is 2.30. The maximum Gasteiger partial charge on any atom is 0.317 e. The second-order valence-corrected chi connectivity index (χ2v) is 6.49. The van der Waals surface area contributed by atoms with Crippen molar-refractivity contribution in [2.45, 2.75) is 51.0 Å². The van der Waals surface area contributed by atoms with Crippen molar-refractivity contribution in [2.75, 3.05) is 0 Å². The van der Waals surface area contributed by atoms with E-state index in [1.54, 1.807) is 0 Å². The van der Waals surface area contributed by atoms with Gasteiger partial charge in [-0.2, -0.15) is 0 Å². The molecule has 0 bridgehead atoms. The van der Waals surface area contributed by atoms with Gasteiger partial charge in [-0.3, -0.25) is 0 Å². The summed E-state index contributed by atoms with van der Waals surface area (Å²) in [6, 6.07) is 6.67. The zero-order valence-corrected chi connectivity index (χ0v) is 13.3. The molecule has 4 N–H and O–H groups in total.